The Morgan fingerprint density at radius 3 is 2.39 bits per heavy atom. The molecule has 1 spiro atoms. The van der Waals surface area contributed by atoms with Crippen molar-refractivity contribution >= 4 is 23.2 Å². The van der Waals surface area contributed by atoms with Gasteiger partial charge >= 0.3 is 6.18 Å². The molecule has 1 fully saturated rings. The van der Waals surface area contributed by atoms with Gasteiger partial charge in [0, 0.05) is 5.56 Å². The molecule has 9 heteroatoms. The van der Waals surface area contributed by atoms with Gasteiger partial charge in [-0.15, -0.1) is 0 Å². The van der Waals surface area contributed by atoms with E-state index in [1.807, 2.05) is 0 Å². The maximum atomic E-state index is 14.1. The fourth-order valence-electron chi connectivity index (χ4n) is 4.43. The summed E-state index contributed by atoms with van der Waals surface area (Å²) in [5.74, 6) is -1.67. The molecule has 5 nitrogen and oxygen atoms in total. The zero-order chi connectivity index (χ0) is 23.8. The van der Waals surface area contributed by atoms with Gasteiger partial charge in [-0.3, -0.25) is 14.6 Å². The maximum absolute atomic E-state index is 14.1. The number of aliphatic imine (C=N–C) groups is 1. The minimum absolute atomic E-state index is 0.0215. The van der Waals surface area contributed by atoms with Gasteiger partial charge in [0.05, 0.1) is 11.3 Å². The number of alkyl halides is 3. The molecular formula is C24H23F4N3O2. The van der Waals surface area contributed by atoms with Crippen LogP contribution < -0.4 is 5.32 Å². The third kappa shape index (κ3) is 4.62. The molecule has 0 aromatic heterocycles. The highest BCUT2D eigenvalue weighted by Gasteiger charge is 2.48. The Kier molecular flexibility index (Phi) is 5.99. The van der Waals surface area contributed by atoms with E-state index >= 15 is 0 Å². The fraction of sp³-hybridized carbons (Fsp3) is 0.375. The van der Waals surface area contributed by atoms with Crippen molar-refractivity contribution < 1.29 is 27.2 Å². The van der Waals surface area contributed by atoms with Crippen molar-refractivity contribution in [1.82, 2.24) is 4.90 Å². The van der Waals surface area contributed by atoms with E-state index in [1.165, 1.54) is 29.2 Å². The lowest BCUT2D eigenvalue weighted by Crippen LogP contribution is -2.51. The molecule has 1 heterocycles. The molecule has 0 saturated heterocycles. The second-order valence-corrected chi connectivity index (χ2v) is 8.50. The first-order chi connectivity index (χ1) is 15.6. The Morgan fingerprint density at radius 1 is 1.09 bits per heavy atom. The number of anilines is 1. The number of benzene rings is 2. The molecule has 0 bridgehead atoms. The van der Waals surface area contributed by atoms with Gasteiger partial charge in [-0.25, -0.2) is 4.39 Å². The summed E-state index contributed by atoms with van der Waals surface area (Å²) in [6.45, 7) is 1.43. The number of nitrogens with zero attached hydrogens (tertiary/aromatic N) is 2. The van der Waals surface area contributed by atoms with Crippen molar-refractivity contribution in [3.8, 4) is 0 Å². The van der Waals surface area contributed by atoms with Crippen LogP contribution in [-0.2, 0) is 15.8 Å². The maximum Gasteiger partial charge on any atom is 0.416 e. The Balaban J connectivity index is 1.59. The van der Waals surface area contributed by atoms with Crippen molar-refractivity contribution in [3.63, 3.8) is 0 Å². The number of aryl methyl sites for hydroxylation is 1. The third-order valence-corrected chi connectivity index (χ3v) is 6.11. The number of carbonyl (C=O) groups is 2. The summed E-state index contributed by atoms with van der Waals surface area (Å²) in [6.07, 6.45) is -0.803. The number of nitrogens with one attached hydrogen (secondary N) is 1. The van der Waals surface area contributed by atoms with E-state index in [0.717, 1.165) is 37.0 Å². The molecular weight excluding hydrogens is 438 g/mol. The van der Waals surface area contributed by atoms with Gasteiger partial charge in [-0.05, 0) is 62.4 Å². The van der Waals surface area contributed by atoms with Crippen LogP contribution in [0.1, 0.15) is 48.8 Å². The summed E-state index contributed by atoms with van der Waals surface area (Å²) >= 11 is 0. The quantitative estimate of drug-likeness (QED) is 0.646. The number of hydrogen-bond acceptors (Lipinski definition) is 3. The summed E-state index contributed by atoms with van der Waals surface area (Å²) in [6, 6.07) is 8.60. The molecule has 0 atom stereocenters. The molecule has 33 heavy (non-hydrogen) atoms. The Hall–Kier alpha value is -3.23. The van der Waals surface area contributed by atoms with Crippen LogP contribution in [-0.4, -0.2) is 34.6 Å². The minimum atomic E-state index is -4.49. The number of hydrogen-bond donors (Lipinski definition) is 1. The summed E-state index contributed by atoms with van der Waals surface area (Å²) in [7, 11) is 0. The van der Waals surface area contributed by atoms with E-state index < -0.39 is 35.0 Å². The van der Waals surface area contributed by atoms with Gasteiger partial charge in [0.1, 0.15) is 23.7 Å². The van der Waals surface area contributed by atoms with Gasteiger partial charge in [-0.2, -0.15) is 13.2 Å². The topological polar surface area (TPSA) is 61.8 Å². The second-order valence-electron chi connectivity index (χ2n) is 8.50. The van der Waals surface area contributed by atoms with Crippen LogP contribution in [0.25, 0.3) is 0 Å². The lowest BCUT2D eigenvalue weighted by atomic mass is 9.88. The fourth-order valence-corrected chi connectivity index (χ4v) is 4.43. The summed E-state index contributed by atoms with van der Waals surface area (Å²) in [5, 5.41) is 2.52. The van der Waals surface area contributed by atoms with Crippen LogP contribution in [0, 0.1) is 12.7 Å². The third-order valence-electron chi connectivity index (χ3n) is 6.11. The molecule has 1 aliphatic carbocycles. The van der Waals surface area contributed by atoms with Crippen LogP contribution in [0.4, 0.5) is 23.2 Å². The summed E-state index contributed by atoms with van der Waals surface area (Å²) < 4.78 is 52.8. The zero-order valence-corrected chi connectivity index (χ0v) is 18.0. The molecule has 2 aromatic carbocycles. The average molecular weight is 461 g/mol. The monoisotopic (exact) mass is 461 g/mol. The van der Waals surface area contributed by atoms with Gasteiger partial charge in [0.15, 0.2) is 0 Å². The molecule has 2 aromatic rings. The standard InChI is InChI=1S/C24H23F4N3O2/c1-15-5-10-18(25)19(13-15)29-20(32)14-31-22(33)21(30-23(31)11-3-2-4-12-23)16-6-8-17(9-7-16)24(26,27)28/h5-10,13H,2-4,11-12,14H2,1H3,(H,29,32). The molecule has 1 aliphatic heterocycles. The SMILES string of the molecule is Cc1ccc(F)c(NC(=O)CN2C(=O)C(c3ccc(C(F)(F)F)cc3)=NC23CCCCC3)c1. The van der Waals surface area contributed by atoms with Gasteiger partial charge in [0.2, 0.25) is 5.91 Å². The van der Waals surface area contributed by atoms with E-state index in [1.54, 1.807) is 13.0 Å². The van der Waals surface area contributed by atoms with Crippen molar-refractivity contribution in [2.45, 2.75) is 50.9 Å². The number of amides is 2. The molecule has 174 valence electrons. The highest BCUT2D eigenvalue weighted by atomic mass is 19.4. The lowest BCUT2D eigenvalue weighted by Gasteiger charge is -2.38. The van der Waals surface area contributed by atoms with Crippen LogP contribution in [0.3, 0.4) is 0 Å². The van der Waals surface area contributed by atoms with Gasteiger partial charge in [-0.1, -0.05) is 24.6 Å². The van der Waals surface area contributed by atoms with E-state index in [0.29, 0.717) is 12.8 Å². The van der Waals surface area contributed by atoms with E-state index in [9.17, 15) is 27.2 Å². The number of rotatable bonds is 4. The Bertz CT molecular complexity index is 1100. The first kappa shape index (κ1) is 22.9. The Labute approximate surface area is 188 Å². The van der Waals surface area contributed by atoms with Crippen LogP contribution in [0.5, 0.6) is 0 Å². The van der Waals surface area contributed by atoms with Crippen molar-refractivity contribution in [3.05, 3.63) is 65.0 Å². The molecule has 2 amide bonds. The van der Waals surface area contributed by atoms with Crippen LogP contribution >= 0.6 is 0 Å². The van der Waals surface area contributed by atoms with E-state index in [4.69, 9.17) is 0 Å². The van der Waals surface area contributed by atoms with Crippen LogP contribution in [0.15, 0.2) is 47.5 Å². The Morgan fingerprint density at radius 2 is 1.76 bits per heavy atom. The van der Waals surface area contributed by atoms with E-state index in [2.05, 4.69) is 10.3 Å². The van der Waals surface area contributed by atoms with Crippen molar-refractivity contribution in [1.29, 1.82) is 0 Å². The first-order valence-corrected chi connectivity index (χ1v) is 10.7. The predicted molar refractivity (Wildman–Crippen MR) is 115 cm³/mol. The van der Waals surface area contributed by atoms with Gasteiger partial charge < -0.3 is 10.2 Å². The predicted octanol–water partition coefficient (Wildman–Crippen LogP) is 5.08. The minimum Gasteiger partial charge on any atom is -0.322 e. The highest BCUT2D eigenvalue weighted by Crippen LogP contribution is 2.40. The normalized spacial score (nSPS) is 17.9. The molecule has 1 saturated carbocycles. The van der Waals surface area contributed by atoms with E-state index in [-0.39, 0.29) is 23.5 Å². The summed E-state index contributed by atoms with van der Waals surface area (Å²) in [4.78, 5) is 32.1. The van der Waals surface area contributed by atoms with Crippen molar-refractivity contribution in [2.24, 2.45) is 4.99 Å². The van der Waals surface area contributed by atoms with Crippen LogP contribution in [0.2, 0.25) is 0 Å². The molecule has 2 aliphatic rings. The lowest BCUT2D eigenvalue weighted by molar-refractivity contribution is -0.137. The summed E-state index contributed by atoms with van der Waals surface area (Å²) in [5.41, 5.74) is -0.642. The molecule has 1 N–H and O–H groups in total. The second kappa shape index (κ2) is 8.61. The zero-order valence-electron chi connectivity index (χ0n) is 18.0. The largest absolute Gasteiger partial charge is 0.416 e. The van der Waals surface area contributed by atoms with Gasteiger partial charge in [0.25, 0.3) is 5.91 Å². The smallest absolute Gasteiger partial charge is 0.322 e. The average Bonchev–Trinajstić information content (AvgIpc) is 3.02. The molecule has 0 radical (unpaired) electrons. The molecule has 0 unspecified atom stereocenters. The number of carbonyl (C=O) groups excluding carboxylic acids is 2. The number of halogens is 4. The first-order valence-electron chi connectivity index (χ1n) is 10.7. The molecule has 4 rings (SSSR count). The highest BCUT2D eigenvalue weighted by molar-refractivity contribution is 6.47. The van der Waals surface area contributed by atoms with Crippen molar-refractivity contribution in [2.75, 3.05) is 11.9 Å².